The second-order valence-corrected chi connectivity index (χ2v) is 6.78. The van der Waals surface area contributed by atoms with E-state index in [9.17, 15) is 14.4 Å². The third kappa shape index (κ3) is 4.72. The fourth-order valence-electron chi connectivity index (χ4n) is 2.95. The van der Waals surface area contributed by atoms with Crippen molar-refractivity contribution in [3.05, 3.63) is 74.5 Å². The quantitative estimate of drug-likeness (QED) is 0.560. The van der Waals surface area contributed by atoms with E-state index in [4.69, 9.17) is 25.8 Å². The lowest BCUT2D eigenvalue weighted by molar-refractivity contribution is -0.116. The molecule has 1 heterocycles. The van der Waals surface area contributed by atoms with Crippen molar-refractivity contribution in [2.45, 2.75) is 6.54 Å². The Hall–Kier alpha value is -3.72. The number of halogens is 1. The molecule has 10 heteroatoms. The molecule has 3 rings (SSSR count). The van der Waals surface area contributed by atoms with Crippen molar-refractivity contribution in [3.63, 3.8) is 0 Å². The maximum atomic E-state index is 12.5. The van der Waals surface area contributed by atoms with Gasteiger partial charge in [0.25, 0.3) is 0 Å². The van der Waals surface area contributed by atoms with Gasteiger partial charge < -0.3 is 19.5 Å². The second-order valence-electron chi connectivity index (χ2n) is 6.34. The first kappa shape index (κ1) is 22.0. The summed E-state index contributed by atoms with van der Waals surface area (Å²) in [5.74, 6) is 0.588. The number of ether oxygens (including phenoxy) is 3. The monoisotopic (exact) mass is 445 g/mol. The van der Waals surface area contributed by atoms with Gasteiger partial charge in [0.15, 0.2) is 11.5 Å². The predicted molar refractivity (Wildman–Crippen MR) is 116 cm³/mol. The standard InChI is InChI=1S/C21H20ClN3O6/c1-29-16-10-14(11-17(30-2)19(16)31-3)23-18(26)12-24-8-9-25(21(28)20(24)27)15-6-4-13(22)5-7-15/h4-11H,12H2,1-3H3,(H,23,26). The van der Waals surface area contributed by atoms with Gasteiger partial charge in [-0.25, -0.2) is 0 Å². The number of methoxy groups -OCH3 is 3. The van der Waals surface area contributed by atoms with E-state index >= 15 is 0 Å². The summed E-state index contributed by atoms with van der Waals surface area (Å²) >= 11 is 5.85. The van der Waals surface area contributed by atoms with Crippen molar-refractivity contribution in [3.8, 4) is 22.9 Å². The number of hydrogen-bond donors (Lipinski definition) is 1. The van der Waals surface area contributed by atoms with Gasteiger partial charge in [0.1, 0.15) is 6.54 Å². The molecule has 0 radical (unpaired) electrons. The van der Waals surface area contributed by atoms with Gasteiger partial charge in [-0.05, 0) is 24.3 Å². The van der Waals surface area contributed by atoms with Gasteiger partial charge in [0.05, 0.1) is 21.3 Å². The summed E-state index contributed by atoms with van der Waals surface area (Å²) in [6.45, 7) is -0.355. The van der Waals surface area contributed by atoms with E-state index in [1.54, 1.807) is 36.4 Å². The average molecular weight is 446 g/mol. The van der Waals surface area contributed by atoms with E-state index in [1.165, 1.54) is 38.3 Å². The molecule has 1 aromatic heterocycles. The van der Waals surface area contributed by atoms with Crippen LogP contribution in [-0.4, -0.2) is 36.4 Å². The van der Waals surface area contributed by atoms with Crippen LogP contribution in [0.3, 0.4) is 0 Å². The van der Waals surface area contributed by atoms with Gasteiger partial charge in [-0.3, -0.25) is 23.5 Å². The molecule has 0 bridgehead atoms. The van der Waals surface area contributed by atoms with Crippen LogP contribution in [0.1, 0.15) is 0 Å². The maximum absolute atomic E-state index is 12.5. The Labute approximate surface area is 182 Å². The molecule has 3 aromatic rings. The SMILES string of the molecule is COc1cc(NC(=O)Cn2ccn(-c3ccc(Cl)cc3)c(=O)c2=O)cc(OC)c1OC. The first-order valence-electron chi connectivity index (χ1n) is 9.05. The van der Waals surface area contributed by atoms with Gasteiger partial charge in [0.2, 0.25) is 11.7 Å². The fraction of sp³-hybridized carbons (Fsp3) is 0.190. The Balaban J connectivity index is 1.83. The molecule has 0 aliphatic heterocycles. The van der Waals surface area contributed by atoms with Crippen LogP contribution in [0, 0.1) is 0 Å². The first-order chi connectivity index (χ1) is 14.9. The minimum absolute atomic E-state index is 0.355. The van der Waals surface area contributed by atoms with E-state index in [0.717, 1.165) is 4.57 Å². The summed E-state index contributed by atoms with van der Waals surface area (Å²) in [4.78, 5) is 37.4. The van der Waals surface area contributed by atoms with Crippen molar-refractivity contribution < 1.29 is 19.0 Å². The number of carbonyl (C=O) groups excluding carboxylic acids is 1. The van der Waals surface area contributed by atoms with Crippen LogP contribution >= 0.6 is 11.6 Å². The van der Waals surface area contributed by atoms with Crippen LogP contribution in [-0.2, 0) is 11.3 Å². The molecule has 9 nitrogen and oxygen atoms in total. The Morgan fingerprint density at radius 2 is 1.55 bits per heavy atom. The highest BCUT2D eigenvalue weighted by Gasteiger charge is 2.15. The summed E-state index contributed by atoms with van der Waals surface area (Å²) in [5.41, 5.74) is -0.759. The molecule has 0 saturated heterocycles. The number of anilines is 1. The molecule has 162 valence electrons. The number of nitrogens with zero attached hydrogens (tertiary/aromatic N) is 2. The van der Waals surface area contributed by atoms with E-state index < -0.39 is 17.0 Å². The number of nitrogens with one attached hydrogen (secondary N) is 1. The Morgan fingerprint density at radius 3 is 2.10 bits per heavy atom. The number of benzene rings is 2. The summed E-state index contributed by atoms with van der Waals surface area (Å²) in [6.07, 6.45) is 2.78. The fourth-order valence-corrected chi connectivity index (χ4v) is 3.07. The lowest BCUT2D eigenvalue weighted by Crippen LogP contribution is -2.41. The van der Waals surface area contributed by atoms with Crippen LogP contribution < -0.4 is 30.6 Å². The largest absolute Gasteiger partial charge is 0.493 e. The highest BCUT2D eigenvalue weighted by molar-refractivity contribution is 6.30. The lowest BCUT2D eigenvalue weighted by Gasteiger charge is -2.15. The molecule has 0 fully saturated rings. The van der Waals surface area contributed by atoms with Gasteiger partial charge in [-0.15, -0.1) is 0 Å². The van der Waals surface area contributed by atoms with Crippen LogP contribution in [0.15, 0.2) is 58.4 Å². The highest BCUT2D eigenvalue weighted by Crippen LogP contribution is 2.39. The predicted octanol–water partition coefficient (Wildman–Crippen LogP) is 2.32. The van der Waals surface area contributed by atoms with E-state index in [1.807, 2.05) is 0 Å². The van der Waals surface area contributed by atoms with Crippen LogP contribution in [0.2, 0.25) is 5.02 Å². The zero-order valence-electron chi connectivity index (χ0n) is 17.0. The third-order valence-electron chi connectivity index (χ3n) is 4.43. The van der Waals surface area contributed by atoms with Crippen LogP contribution in [0.4, 0.5) is 5.69 Å². The summed E-state index contributed by atoms with van der Waals surface area (Å²) < 4.78 is 18.0. The summed E-state index contributed by atoms with van der Waals surface area (Å²) in [5, 5.41) is 3.16. The molecule has 31 heavy (non-hydrogen) atoms. The number of amides is 1. The minimum atomic E-state index is -0.836. The Morgan fingerprint density at radius 1 is 0.935 bits per heavy atom. The van der Waals surface area contributed by atoms with Gasteiger partial charge in [-0.1, -0.05) is 11.6 Å². The molecule has 0 aliphatic carbocycles. The number of carbonyl (C=O) groups is 1. The molecular weight excluding hydrogens is 426 g/mol. The lowest BCUT2D eigenvalue weighted by atomic mass is 10.2. The number of hydrogen-bond acceptors (Lipinski definition) is 6. The van der Waals surface area contributed by atoms with Crippen LogP contribution in [0.5, 0.6) is 17.2 Å². The zero-order chi connectivity index (χ0) is 22.5. The molecular formula is C21H20ClN3O6. The van der Waals surface area contributed by atoms with Gasteiger partial charge in [0, 0.05) is 40.9 Å². The van der Waals surface area contributed by atoms with Crippen molar-refractivity contribution in [1.29, 1.82) is 0 Å². The normalized spacial score (nSPS) is 10.5. The van der Waals surface area contributed by atoms with E-state index in [0.29, 0.717) is 33.6 Å². The molecule has 0 spiro atoms. The smallest absolute Gasteiger partial charge is 0.320 e. The highest BCUT2D eigenvalue weighted by atomic mass is 35.5. The molecule has 0 atom stereocenters. The Bertz CT molecular complexity index is 1190. The molecule has 1 amide bonds. The number of rotatable bonds is 7. The minimum Gasteiger partial charge on any atom is -0.493 e. The van der Waals surface area contributed by atoms with Crippen molar-refractivity contribution in [2.24, 2.45) is 0 Å². The molecule has 0 saturated carbocycles. The second kappa shape index (κ2) is 9.40. The molecule has 1 N–H and O–H groups in total. The van der Waals surface area contributed by atoms with Crippen molar-refractivity contribution in [2.75, 3.05) is 26.6 Å². The summed E-state index contributed by atoms with van der Waals surface area (Å²) in [6, 6.07) is 9.57. The maximum Gasteiger partial charge on any atom is 0.320 e. The van der Waals surface area contributed by atoms with Crippen LogP contribution in [0.25, 0.3) is 5.69 Å². The van der Waals surface area contributed by atoms with Gasteiger partial charge >= 0.3 is 11.1 Å². The first-order valence-corrected chi connectivity index (χ1v) is 9.43. The summed E-state index contributed by atoms with van der Waals surface area (Å²) in [7, 11) is 4.38. The van der Waals surface area contributed by atoms with E-state index in [2.05, 4.69) is 5.32 Å². The molecule has 0 unspecified atom stereocenters. The number of aromatic nitrogens is 2. The zero-order valence-corrected chi connectivity index (χ0v) is 17.8. The van der Waals surface area contributed by atoms with Crippen molar-refractivity contribution >= 4 is 23.2 Å². The van der Waals surface area contributed by atoms with E-state index in [-0.39, 0.29) is 6.54 Å². The average Bonchev–Trinajstić information content (AvgIpc) is 2.77. The van der Waals surface area contributed by atoms with Crippen molar-refractivity contribution in [1.82, 2.24) is 9.13 Å². The molecule has 0 aliphatic rings. The van der Waals surface area contributed by atoms with Gasteiger partial charge in [-0.2, -0.15) is 0 Å². The third-order valence-corrected chi connectivity index (χ3v) is 4.68. The Kier molecular flexibility index (Phi) is 6.66. The topological polar surface area (TPSA) is 101 Å². The molecule has 2 aromatic carbocycles.